The van der Waals surface area contributed by atoms with Crippen LogP contribution in [0.1, 0.15) is 38.5 Å². The molecule has 2 rings (SSSR count). The van der Waals surface area contributed by atoms with Crippen LogP contribution in [0.3, 0.4) is 0 Å². The van der Waals surface area contributed by atoms with Gasteiger partial charge >= 0.3 is 0 Å². The Labute approximate surface area is 124 Å². The third-order valence-electron chi connectivity index (χ3n) is 4.27. The van der Waals surface area contributed by atoms with E-state index >= 15 is 0 Å². The standard InChI is InChI=1S/C16H23BrFN/c1-19(15-8-6-7-14(18)11-15)13-16(12-17)9-4-2-3-5-10-16/h6-8,11H,2-5,9-10,12-13H2,1H3. The van der Waals surface area contributed by atoms with E-state index in [2.05, 4.69) is 27.9 Å². The van der Waals surface area contributed by atoms with Crippen molar-refractivity contribution in [3.05, 3.63) is 30.1 Å². The molecule has 1 fully saturated rings. The highest BCUT2D eigenvalue weighted by Crippen LogP contribution is 2.38. The summed E-state index contributed by atoms with van der Waals surface area (Å²) in [5, 5.41) is 1.04. The van der Waals surface area contributed by atoms with Crippen molar-refractivity contribution in [2.45, 2.75) is 38.5 Å². The molecule has 1 saturated carbocycles. The van der Waals surface area contributed by atoms with Gasteiger partial charge in [-0.3, -0.25) is 0 Å². The number of rotatable bonds is 4. The summed E-state index contributed by atoms with van der Waals surface area (Å²) in [4.78, 5) is 2.20. The molecule has 1 aromatic rings. The zero-order chi connectivity index (χ0) is 13.7. The summed E-state index contributed by atoms with van der Waals surface area (Å²) in [5.41, 5.74) is 1.32. The van der Waals surface area contributed by atoms with Crippen molar-refractivity contribution in [1.82, 2.24) is 0 Å². The Morgan fingerprint density at radius 2 is 1.89 bits per heavy atom. The Bertz CT molecular complexity index is 399. The summed E-state index contributed by atoms with van der Waals surface area (Å²) in [6.07, 6.45) is 7.91. The largest absolute Gasteiger partial charge is 0.374 e. The first-order chi connectivity index (χ1) is 9.15. The van der Waals surface area contributed by atoms with Crippen LogP contribution in [-0.4, -0.2) is 18.9 Å². The fourth-order valence-corrected chi connectivity index (χ4v) is 3.86. The lowest BCUT2D eigenvalue weighted by Gasteiger charge is -2.36. The molecule has 106 valence electrons. The van der Waals surface area contributed by atoms with E-state index in [0.717, 1.165) is 17.6 Å². The van der Waals surface area contributed by atoms with Gasteiger partial charge in [-0.25, -0.2) is 4.39 Å². The van der Waals surface area contributed by atoms with E-state index in [-0.39, 0.29) is 5.82 Å². The van der Waals surface area contributed by atoms with Crippen LogP contribution in [0.2, 0.25) is 0 Å². The Hall–Kier alpha value is -0.570. The van der Waals surface area contributed by atoms with Gasteiger partial charge in [0.25, 0.3) is 0 Å². The van der Waals surface area contributed by atoms with E-state index in [4.69, 9.17) is 0 Å². The third-order valence-corrected chi connectivity index (χ3v) is 5.46. The molecule has 19 heavy (non-hydrogen) atoms. The van der Waals surface area contributed by atoms with Crippen LogP contribution in [0.25, 0.3) is 0 Å². The van der Waals surface area contributed by atoms with Gasteiger partial charge in [0.1, 0.15) is 5.82 Å². The number of alkyl halides is 1. The predicted molar refractivity (Wildman–Crippen MR) is 83.6 cm³/mol. The minimum atomic E-state index is -0.155. The van der Waals surface area contributed by atoms with E-state index in [1.807, 2.05) is 6.07 Å². The van der Waals surface area contributed by atoms with Gasteiger partial charge in [-0.1, -0.05) is 47.7 Å². The van der Waals surface area contributed by atoms with Crippen molar-refractivity contribution in [2.24, 2.45) is 5.41 Å². The SMILES string of the molecule is CN(CC1(CBr)CCCCCC1)c1cccc(F)c1. The van der Waals surface area contributed by atoms with Crippen molar-refractivity contribution < 1.29 is 4.39 Å². The van der Waals surface area contributed by atoms with Gasteiger partial charge in [0.05, 0.1) is 0 Å². The van der Waals surface area contributed by atoms with Crippen LogP contribution < -0.4 is 4.90 Å². The van der Waals surface area contributed by atoms with Crippen molar-refractivity contribution >= 4 is 21.6 Å². The van der Waals surface area contributed by atoms with E-state index in [9.17, 15) is 4.39 Å². The van der Waals surface area contributed by atoms with Crippen LogP contribution in [0.5, 0.6) is 0 Å². The van der Waals surface area contributed by atoms with Crippen LogP contribution >= 0.6 is 15.9 Å². The first-order valence-corrected chi connectivity index (χ1v) is 8.30. The van der Waals surface area contributed by atoms with Crippen molar-refractivity contribution in [3.8, 4) is 0 Å². The highest BCUT2D eigenvalue weighted by molar-refractivity contribution is 9.09. The first kappa shape index (κ1) is 14.8. The molecule has 0 atom stereocenters. The molecule has 0 radical (unpaired) electrons. The molecular weight excluding hydrogens is 305 g/mol. The van der Waals surface area contributed by atoms with E-state index in [0.29, 0.717) is 5.41 Å². The molecule has 1 aliphatic rings. The van der Waals surface area contributed by atoms with Gasteiger partial charge in [-0.15, -0.1) is 0 Å². The Kier molecular flexibility index (Phi) is 5.26. The molecule has 1 aromatic carbocycles. The normalized spacial score (nSPS) is 18.9. The molecule has 3 heteroatoms. The first-order valence-electron chi connectivity index (χ1n) is 7.18. The Balaban J connectivity index is 2.08. The number of anilines is 1. The van der Waals surface area contributed by atoms with Crippen molar-refractivity contribution in [3.63, 3.8) is 0 Å². The van der Waals surface area contributed by atoms with Crippen molar-refractivity contribution in [1.29, 1.82) is 0 Å². The van der Waals surface area contributed by atoms with Crippen LogP contribution in [-0.2, 0) is 0 Å². The molecule has 0 amide bonds. The summed E-state index contributed by atoms with van der Waals surface area (Å²) in [5.74, 6) is -0.155. The van der Waals surface area contributed by atoms with Crippen molar-refractivity contribution in [2.75, 3.05) is 23.8 Å². The molecule has 0 N–H and O–H groups in total. The molecule has 0 heterocycles. The summed E-state index contributed by atoms with van der Waals surface area (Å²) >= 11 is 3.72. The lowest BCUT2D eigenvalue weighted by Crippen LogP contribution is -2.37. The van der Waals surface area contributed by atoms with Crippen LogP contribution in [0.15, 0.2) is 24.3 Å². The van der Waals surface area contributed by atoms with Gasteiger partial charge in [-0.2, -0.15) is 0 Å². The van der Waals surface area contributed by atoms with Gasteiger partial charge < -0.3 is 4.90 Å². The molecule has 0 spiro atoms. The molecule has 0 bridgehead atoms. The average molecular weight is 328 g/mol. The van der Waals surface area contributed by atoms with E-state index in [1.165, 1.54) is 44.6 Å². The summed E-state index contributed by atoms with van der Waals surface area (Å²) in [7, 11) is 2.07. The number of hydrogen-bond donors (Lipinski definition) is 0. The van der Waals surface area contributed by atoms with E-state index in [1.54, 1.807) is 12.1 Å². The van der Waals surface area contributed by atoms with E-state index < -0.39 is 0 Å². The topological polar surface area (TPSA) is 3.24 Å². The summed E-state index contributed by atoms with van der Waals surface area (Å²) in [6, 6.07) is 6.90. The van der Waals surface area contributed by atoms with Gasteiger partial charge in [-0.05, 0) is 36.5 Å². The monoisotopic (exact) mass is 327 g/mol. The molecule has 1 nitrogen and oxygen atoms in total. The highest BCUT2D eigenvalue weighted by Gasteiger charge is 2.31. The molecule has 1 aliphatic carbocycles. The molecule has 0 saturated heterocycles. The van der Waals surface area contributed by atoms with Crippen LogP contribution in [0.4, 0.5) is 10.1 Å². The number of nitrogens with zero attached hydrogens (tertiary/aromatic N) is 1. The lowest BCUT2D eigenvalue weighted by molar-refractivity contribution is 0.295. The zero-order valence-electron chi connectivity index (χ0n) is 11.7. The number of halogens is 2. The maximum atomic E-state index is 13.3. The minimum absolute atomic E-state index is 0.155. The second kappa shape index (κ2) is 6.74. The maximum Gasteiger partial charge on any atom is 0.125 e. The Morgan fingerprint density at radius 1 is 1.21 bits per heavy atom. The minimum Gasteiger partial charge on any atom is -0.374 e. The fourth-order valence-electron chi connectivity index (χ4n) is 3.12. The number of hydrogen-bond acceptors (Lipinski definition) is 1. The fraction of sp³-hybridized carbons (Fsp3) is 0.625. The average Bonchev–Trinajstić information content (AvgIpc) is 2.65. The molecule has 0 aliphatic heterocycles. The van der Waals surface area contributed by atoms with Gasteiger partial charge in [0.2, 0.25) is 0 Å². The Morgan fingerprint density at radius 3 is 2.47 bits per heavy atom. The third kappa shape index (κ3) is 3.95. The molecular formula is C16H23BrFN. The summed E-state index contributed by atoms with van der Waals surface area (Å²) < 4.78 is 13.3. The quantitative estimate of drug-likeness (QED) is 0.555. The lowest BCUT2D eigenvalue weighted by atomic mass is 9.82. The molecule has 0 aromatic heterocycles. The maximum absolute atomic E-state index is 13.3. The molecule has 0 unspecified atom stereocenters. The smallest absolute Gasteiger partial charge is 0.125 e. The summed E-state index contributed by atoms with van der Waals surface area (Å²) in [6.45, 7) is 1.00. The predicted octanol–water partition coefficient (Wildman–Crippen LogP) is 5.00. The zero-order valence-corrected chi connectivity index (χ0v) is 13.3. The highest BCUT2D eigenvalue weighted by atomic mass is 79.9. The van der Waals surface area contributed by atoms with Gasteiger partial charge in [0.15, 0.2) is 0 Å². The number of benzene rings is 1. The second-order valence-electron chi connectivity index (χ2n) is 5.88. The van der Waals surface area contributed by atoms with Gasteiger partial charge in [0, 0.05) is 24.6 Å². The second-order valence-corrected chi connectivity index (χ2v) is 6.44. The van der Waals surface area contributed by atoms with Crippen LogP contribution in [0, 0.1) is 11.2 Å².